The lowest BCUT2D eigenvalue weighted by Crippen LogP contribution is -2.37. The summed E-state index contributed by atoms with van der Waals surface area (Å²) < 4.78 is 247. The molecule has 5 saturated heterocycles. The fourth-order valence-corrected chi connectivity index (χ4v) is 20.6. The Morgan fingerprint density at radius 3 is 0.467 bits per heavy atom. The fraction of sp³-hybridized carbons (Fsp3) is 1.00. The van der Waals surface area contributed by atoms with E-state index in [9.17, 15) is 104 Å². The molecule has 0 bridgehead atoms. The first kappa shape index (κ1) is 134. The zero-order valence-corrected chi connectivity index (χ0v) is 87.9. The first-order valence-electron chi connectivity index (χ1n) is 42.2. The highest BCUT2D eigenvalue weighted by Crippen LogP contribution is 2.53. The van der Waals surface area contributed by atoms with Crippen LogP contribution in [0.5, 0.6) is 0 Å². The molecule has 0 saturated carbocycles. The molecule has 0 aromatic heterocycles. The molecule has 26 unspecified atom stereocenters. The second kappa shape index (κ2) is 61.4. The highest BCUT2D eigenvalue weighted by Gasteiger charge is 2.48. The van der Waals surface area contributed by atoms with E-state index >= 15 is 0 Å². The van der Waals surface area contributed by atoms with Crippen molar-refractivity contribution in [1.29, 1.82) is 0 Å². The van der Waals surface area contributed by atoms with Gasteiger partial charge in [0.1, 0.15) is 39.2 Å². The van der Waals surface area contributed by atoms with Crippen molar-refractivity contribution >= 4 is 125 Å². The molecule has 0 spiro atoms. The lowest BCUT2D eigenvalue weighted by atomic mass is 9.85. The van der Waals surface area contributed by atoms with Crippen molar-refractivity contribution in [2.75, 3.05) is 119 Å². The van der Waals surface area contributed by atoms with Crippen LogP contribution >= 0.6 is 86.0 Å². The molecule has 5 aliphatic rings. The number of rotatable bonds is 58. The minimum absolute atomic E-state index is 0.0193. The Bertz CT molecular complexity index is 3910. The van der Waals surface area contributed by atoms with Crippen LogP contribution in [0.2, 0.25) is 0 Å². The Morgan fingerprint density at radius 2 is 0.348 bits per heavy atom. The molecule has 5 heterocycles. The molecule has 5 aliphatic heterocycles. The molecule has 5 rings (SSSR count). The summed E-state index contributed by atoms with van der Waals surface area (Å²) in [5.74, 6) is 0. The molecule has 0 aliphatic carbocycles. The van der Waals surface area contributed by atoms with Gasteiger partial charge >= 0.3 is 0 Å². The molecular formula is C67H129B5O52P11-11. The molecule has 790 valence electrons. The number of aliphatic hydroxyl groups excluding tert-OH is 3. The van der Waals surface area contributed by atoms with Gasteiger partial charge in [0.15, 0.2) is 0 Å². The van der Waals surface area contributed by atoms with Crippen LogP contribution in [-0.4, -0.2) is 274 Å². The Hall–Kier alpha value is 1.21. The van der Waals surface area contributed by atoms with Gasteiger partial charge in [-0.25, -0.2) is 0 Å². The van der Waals surface area contributed by atoms with E-state index in [2.05, 4.69) is 54.3 Å². The molecule has 10 radical (unpaired) electrons. The van der Waals surface area contributed by atoms with Crippen molar-refractivity contribution in [2.24, 2.45) is 27.1 Å². The quantitative estimate of drug-likeness (QED) is 0.0326. The average molecular weight is 2160 g/mol. The molecule has 0 aromatic carbocycles. The maximum absolute atomic E-state index is 12.1. The van der Waals surface area contributed by atoms with Gasteiger partial charge in [0.25, 0.3) is 86.0 Å². The van der Waals surface area contributed by atoms with Crippen LogP contribution in [0.1, 0.15) is 194 Å². The number of aliphatic hydroxyl groups is 3. The van der Waals surface area contributed by atoms with Crippen LogP contribution in [0.4, 0.5) is 0 Å². The number of ether oxygens (including phenoxy) is 5. The van der Waals surface area contributed by atoms with Gasteiger partial charge in [-0.2, -0.15) is 0 Å². The van der Waals surface area contributed by atoms with Crippen LogP contribution in [0.15, 0.2) is 0 Å². The standard InChI is InChI=1S/C17H36BO14P3.C14H30BO13P3.C14H29BO10P2.C11H23BO9P2.C11H22BO6P/c1-17(2,3)16-14(13-15(18)31-16)32-35(24,25)30-12-6-11-29-34(22,23)28-10-5-9-27-33(20,21)26-8-4-7-19;1-14(2,3)13-11(10-12(15)27-13)28-31(21,22)26-9-5-8-25-30(19,20)24-7-4-6-23-29(16,17)18;1-14(2,3)13-11(10-12(15)24-13)25-27(19,20)23-9-5-8-22-26(17,18)21-7-4-6-16;1-11(2,3)10-8(7-9(12)20-10)21-23(16,17)19-6-4-5-18-22(13,14)15;1-11(2,3)10-8(7-9(12)17-10)18-19(14,15)16-6-4-5-13/h14-16,19H,4-13H2,1-3H3,(H,20,21)(H,22,23)(H,24,25);11-13H,4-10H2,1-3H3,(H,19,20)(H,21,22)(H2,16,17,18);11-13,16H,4-10H2,1-3H3,(H,17,18)(H,19,20);8-10H,4-7H2,1-3H3,(H,16,17)(H2,13,14,15);8-10,13H,4-7H2,1-3H3,(H,14,15)/p-11. The third-order valence-corrected chi connectivity index (χ3v) is 27.7. The maximum atomic E-state index is 12.1. The van der Waals surface area contributed by atoms with E-state index < -0.39 is 241 Å². The maximum Gasteiger partial charge on any atom is 0.268 e. The number of phosphoric acid groups is 11. The van der Waals surface area contributed by atoms with Crippen LogP contribution in [0.3, 0.4) is 0 Å². The summed E-state index contributed by atoms with van der Waals surface area (Å²) in [6, 6.07) is -3.09. The van der Waals surface area contributed by atoms with E-state index in [0.29, 0.717) is 6.42 Å². The van der Waals surface area contributed by atoms with Crippen LogP contribution in [-0.2, 0) is 164 Å². The third-order valence-electron chi connectivity index (χ3n) is 17.6. The van der Waals surface area contributed by atoms with E-state index in [1.807, 2.05) is 104 Å². The summed E-state index contributed by atoms with van der Waals surface area (Å²) in [4.78, 5) is 143. The van der Waals surface area contributed by atoms with Crippen molar-refractivity contribution in [3.8, 4) is 0 Å². The van der Waals surface area contributed by atoms with E-state index in [4.69, 9.17) is 124 Å². The van der Waals surface area contributed by atoms with E-state index in [1.54, 1.807) is 0 Å². The highest BCUT2D eigenvalue weighted by molar-refractivity contribution is 7.48. The van der Waals surface area contributed by atoms with Crippen molar-refractivity contribution < 1.29 is 243 Å². The monoisotopic (exact) mass is 2160 g/mol. The fourth-order valence-electron chi connectivity index (χ4n) is 12.1. The highest BCUT2D eigenvalue weighted by atomic mass is 31.2. The second-order valence-electron chi connectivity index (χ2n) is 35.5. The van der Waals surface area contributed by atoms with E-state index in [0.717, 1.165) is 0 Å². The van der Waals surface area contributed by atoms with Gasteiger partial charge in [0, 0.05) is 49.8 Å². The van der Waals surface area contributed by atoms with Crippen molar-refractivity contribution in [1.82, 2.24) is 0 Å². The molecule has 5 N–H and O–H groups in total. The molecule has 0 aromatic rings. The van der Waals surface area contributed by atoms with Crippen molar-refractivity contribution in [3.05, 3.63) is 0 Å². The first-order valence-corrected chi connectivity index (χ1v) is 58.4. The minimum atomic E-state index is -4.88. The molecule has 26 atom stereocenters. The summed E-state index contributed by atoms with van der Waals surface area (Å²) >= 11 is 0. The first-order chi connectivity index (χ1) is 61.4. The van der Waals surface area contributed by atoms with Gasteiger partial charge in [0.2, 0.25) is 0 Å². The van der Waals surface area contributed by atoms with Crippen LogP contribution < -0.4 is 53.8 Å². The third kappa shape index (κ3) is 63.6. The zero-order chi connectivity index (χ0) is 104. The Kier molecular flexibility index (Phi) is 61.0. The van der Waals surface area contributed by atoms with Gasteiger partial charge in [-0.3, -0.25) is 50.2 Å². The van der Waals surface area contributed by atoms with E-state index in [1.165, 1.54) is 0 Å². The normalized spacial score (nSPS) is 28.5. The topological polar surface area (TPSA) is 773 Å². The molecule has 68 heteroatoms. The second-order valence-corrected chi connectivity index (χ2v) is 50.4. The summed E-state index contributed by atoms with van der Waals surface area (Å²) in [5.41, 5.74) is -1.87. The number of hydrogen-bond acceptors (Lipinski definition) is 50. The van der Waals surface area contributed by atoms with Crippen molar-refractivity contribution in [3.63, 3.8) is 0 Å². The van der Waals surface area contributed by atoms with Crippen molar-refractivity contribution in [2.45, 2.75) is 285 Å². The number of phosphoric ester groups is 11. The summed E-state index contributed by atoms with van der Waals surface area (Å²) in [7, 11) is -22.6. The molecule has 52 nitrogen and oxygen atoms in total. The van der Waals surface area contributed by atoms with Crippen LogP contribution in [0, 0.1) is 27.1 Å². The lowest BCUT2D eigenvalue weighted by molar-refractivity contribution is -0.234. The Labute approximate surface area is 795 Å². The number of hydrogen-bond donors (Lipinski definition) is 5. The van der Waals surface area contributed by atoms with Gasteiger partial charge in [-0.1, -0.05) is 104 Å². The summed E-state index contributed by atoms with van der Waals surface area (Å²) in [6.07, 6.45) is -5.30. The predicted molar refractivity (Wildman–Crippen MR) is 457 cm³/mol. The van der Waals surface area contributed by atoms with E-state index in [-0.39, 0.29) is 166 Å². The van der Waals surface area contributed by atoms with Crippen LogP contribution in [0.25, 0.3) is 0 Å². The van der Waals surface area contributed by atoms with Gasteiger partial charge in [-0.15, -0.1) is 0 Å². The largest absolute Gasteiger partial charge is 0.756 e. The average Bonchev–Trinajstić information content (AvgIpc) is 1.69. The molecule has 135 heavy (non-hydrogen) atoms. The summed E-state index contributed by atoms with van der Waals surface area (Å²) in [5, 5.41) is 25.7. The lowest BCUT2D eigenvalue weighted by Gasteiger charge is -2.34. The Morgan fingerprint density at radius 1 is 0.230 bits per heavy atom. The Balaban J connectivity index is 0.000000855. The predicted octanol–water partition coefficient (Wildman–Crippen LogP) is 1.38. The molecule has 5 fully saturated rings. The summed E-state index contributed by atoms with van der Waals surface area (Å²) in [6.45, 7) is 22.3. The van der Waals surface area contributed by atoms with Gasteiger partial charge < -0.3 is 193 Å². The minimum Gasteiger partial charge on any atom is -0.756 e. The van der Waals surface area contributed by atoms with Gasteiger partial charge in [-0.05, 0) is 117 Å². The molecular weight excluding hydrogens is 2030 g/mol. The SMILES string of the molecule is [B]C1CC(OP(=O)([O-])OCCCO)C(C(C)(C)C)O1.[B]C1CC(OP(=O)([O-])OCCCOP(=O)([O-])O)C(C(C)(C)C)O1.[B]C1CC(OP(=O)([O-])OCCCOP(=O)([O-])OCCCO)C(C(C)(C)C)O1.[B]C1CC(OP(=O)([O-])OCCCOP(=O)([O-])OCCCOP(=O)([O-])O)C(C(C)(C)C)O1.[B]C1CC(OP(=O)([O-])OCCCOP(=O)([O-])OCCCOP(=O)([O-])OCCCO)C(C(C)(C)C)O1. The smallest absolute Gasteiger partial charge is 0.268 e. The molecule has 0 amide bonds. The van der Waals surface area contributed by atoms with Gasteiger partial charge in [0.05, 0.1) is 160 Å². The zero-order valence-electron chi connectivity index (χ0n) is 78.0.